The number of aromatic hydroxyl groups is 1. The summed E-state index contributed by atoms with van der Waals surface area (Å²) in [5.41, 5.74) is 6.18. The molecule has 0 aliphatic heterocycles. The lowest BCUT2D eigenvalue weighted by atomic mass is 10.0. The Hall–Kier alpha value is -2.79. The normalized spacial score (nSPS) is 13.7. The van der Waals surface area contributed by atoms with Gasteiger partial charge in [-0.05, 0) is 24.6 Å². The van der Waals surface area contributed by atoms with E-state index in [-0.39, 0.29) is 17.9 Å². The number of aliphatic carboxylic acids is 1. The van der Waals surface area contributed by atoms with E-state index >= 15 is 0 Å². The number of hydrogen-bond donors (Lipinski definition) is 7. The van der Waals surface area contributed by atoms with Crippen molar-refractivity contribution in [2.45, 2.75) is 31.5 Å². The van der Waals surface area contributed by atoms with Crippen LogP contribution in [0.5, 0.6) is 5.75 Å². The van der Waals surface area contributed by atoms with Crippen LogP contribution in [-0.4, -0.2) is 64.3 Å². The van der Waals surface area contributed by atoms with Gasteiger partial charge in [-0.15, -0.1) is 0 Å². The molecule has 11 heteroatoms. The van der Waals surface area contributed by atoms with Crippen molar-refractivity contribution in [3.8, 4) is 5.75 Å². The third kappa shape index (κ3) is 7.84. The molecule has 3 unspecified atom stereocenters. The van der Waals surface area contributed by atoms with Gasteiger partial charge in [0.25, 0.3) is 0 Å². The van der Waals surface area contributed by atoms with Crippen molar-refractivity contribution in [1.82, 2.24) is 16.0 Å². The van der Waals surface area contributed by atoms with Gasteiger partial charge < -0.3 is 31.9 Å². The van der Waals surface area contributed by atoms with E-state index in [1.807, 2.05) is 0 Å². The molecule has 3 amide bonds. The van der Waals surface area contributed by atoms with Crippen molar-refractivity contribution in [2.24, 2.45) is 5.73 Å². The van der Waals surface area contributed by atoms with Gasteiger partial charge in [0.1, 0.15) is 17.8 Å². The van der Waals surface area contributed by atoms with Crippen LogP contribution in [0.4, 0.5) is 0 Å². The average molecular weight is 412 g/mol. The molecule has 0 aromatic heterocycles. The second-order valence-corrected chi connectivity index (χ2v) is 6.44. The van der Waals surface area contributed by atoms with E-state index in [1.54, 1.807) is 12.1 Å². The van der Waals surface area contributed by atoms with E-state index in [1.165, 1.54) is 19.1 Å². The van der Waals surface area contributed by atoms with Gasteiger partial charge in [0.05, 0.1) is 12.6 Å². The summed E-state index contributed by atoms with van der Waals surface area (Å²) in [5.74, 6) is -3.21. The summed E-state index contributed by atoms with van der Waals surface area (Å²) in [7, 11) is 0. The molecule has 0 aliphatic rings. The van der Waals surface area contributed by atoms with Gasteiger partial charge in [-0.2, -0.15) is 12.6 Å². The number of phenolic OH excluding ortho intramolecular Hbond substituents is 1. The zero-order chi connectivity index (χ0) is 21.3. The fraction of sp³-hybridized carbons (Fsp3) is 0.412. The van der Waals surface area contributed by atoms with E-state index in [2.05, 4.69) is 28.6 Å². The molecule has 1 aromatic carbocycles. The number of rotatable bonds is 10. The van der Waals surface area contributed by atoms with Crippen LogP contribution in [-0.2, 0) is 25.6 Å². The fourth-order valence-electron chi connectivity index (χ4n) is 2.10. The minimum atomic E-state index is -1.25. The molecule has 7 N–H and O–H groups in total. The average Bonchev–Trinajstić information content (AvgIpc) is 2.64. The summed E-state index contributed by atoms with van der Waals surface area (Å²) < 4.78 is 0. The molecular formula is C17H24N4O6S. The number of phenols is 1. The smallest absolute Gasteiger partial charge is 0.327 e. The molecule has 0 aliphatic carbocycles. The number of carbonyl (C=O) groups excluding carboxylic acids is 3. The lowest BCUT2D eigenvalue weighted by molar-refractivity contribution is -0.141. The van der Waals surface area contributed by atoms with Gasteiger partial charge in [-0.3, -0.25) is 14.4 Å². The highest BCUT2D eigenvalue weighted by molar-refractivity contribution is 7.80. The predicted molar refractivity (Wildman–Crippen MR) is 104 cm³/mol. The van der Waals surface area contributed by atoms with Crippen LogP contribution < -0.4 is 21.7 Å². The third-order valence-electron chi connectivity index (χ3n) is 3.66. The van der Waals surface area contributed by atoms with Crippen LogP contribution in [0.3, 0.4) is 0 Å². The Morgan fingerprint density at radius 3 is 2.18 bits per heavy atom. The van der Waals surface area contributed by atoms with Crippen molar-refractivity contribution in [1.29, 1.82) is 0 Å². The maximum absolute atomic E-state index is 12.4. The highest BCUT2D eigenvalue weighted by Gasteiger charge is 2.24. The molecule has 3 atom stereocenters. The highest BCUT2D eigenvalue weighted by atomic mass is 32.1. The molecule has 1 rings (SSSR count). The Kier molecular flexibility index (Phi) is 9.25. The lowest BCUT2D eigenvalue weighted by Gasteiger charge is -2.20. The molecule has 28 heavy (non-hydrogen) atoms. The van der Waals surface area contributed by atoms with Crippen LogP contribution in [0.25, 0.3) is 0 Å². The minimum Gasteiger partial charge on any atom is -0.508 e. The Labute approximate surface area is 167 Å². The van der Waals surface area contributed by atoms with E-state index < -0.39 is 48.4 Å². The number of thiol groups is 1. The summed E-state index contributed by atoms with van der Waals surface area (Å²) in [6.45, 7) is 0.984. The number of nitrogens with one attached hydrogen (secondary N) is 3. The number of benzene rings is 1. The molecule has 0 saturated carbocycles. The second kappa shape index (κ2) is 11.1. The molecule has 0 spiro atoms. The minimum absolute atomic E-state index is 0.0539. The van der Waals surface area contributed by atoms with Crippen LogP contribution >= 0.6 is 12.6 Å². The molecule has 0 radical (unpaired) electrons. The van der Waals surface area contributed by atoms with E-state index in [4.69, 9.17) is 10.8 Å². The van der Waals surface area contributed by atoms with Crippen molar-refractivity contribution in [2.75, 3.05) is 12.3 Å². The zero-order valence-electron chi connectivity index (χ0n) is 15.2. The predicted octanol–water partition coefficient (Wildman–Crippen LogP) is -1.62. The maximum atomic E-state index is 12.4. The van der Waals surface area contributed by atoms with Crippen molar-refractivity contribution in [3.05, 3.63) is 29.8 Å². The van der Waals surface area contributed by atoms with E-state index in [0.717, 1.165) is 0 Å². The van der Waals surface area contributed by atoms with Crippen molar-refractivity contribution < 1.29 is 29.4 Å². The van der Waals surface area contributed by atoms with Crippen LogP contribution in [0.15, 0.2) is 24.3 Å². The first-order chi connectivity index (χ1) is 13.1. The van der Waals surface area contributed by atoms with E-state index in [9.17, 15) is 24.3 Å². The molecule has 0 fully saturated rings. The summed E-state index contributed by atoms with van der Waals surface area (Å²) in [4.78, 5) is 47.0. The largest absolute Gasteiger partial charge is 0.508 e. The van der Waals surface area contributed by atoms with Crippen LogP contribution in [0, 0.1) is 0 Å². The van der Waals surface area contributed by atoms with Gasteiger partial charge in [-0.1, -0.05) is 12.1 Å². The zero-order valence-corrected chi connectivity index (χ0v) is 16.1. The van der Waals surface area contributed by atoms with Gasteiger partial charge in [0.2, 0.25) is 17.7 Å². The van der Waals surface area contributed by atoms with Crippen LogP contribution in [0.1, 0.15) is 12.5 Å². The second-order valence-electron chi connectivity index (χ2n) is 6.08. The fourth-order valence-corrected chi connectivity index (χ4v) is 2.35. The third-order valence-corrected chi connectivity index (χ3v) is 4.03. The number of hydrogen-bond acceptors (Lipinski definition) is 7. The molecule has 0 heterocycles. The topological polar surface area (TPSA) is 171 Å². The molecule has 10 nitrogen and oxygen atoms in total. The quantitative estimate of drug-likeness (QED) is 0.226. The van der Waals surface area contributed by atoms with Crippen LogP contribution in [0.2, 0.25) is 0 Å². The Balaban J connectivity index is 2.75. The monoisotopic (exact) mass is 412 g/mol. The summed E-state index contributed by atoms with van der Waals surface area (Å²) in [5, 5.41) is 25.3. The number of carbonyl (C=O) groups is 4. The highest BCUT2D eigenvalue weighted by Crippen LogP contribution is 2.11. The molecular weight excluding hydrogens is 388 g/mol. The van der Waals surface area contributed by atoms with Gasteiger partial charge in [0.15, 0.2) is 0 Å². The van der Waals surface area contributed by atoms with Gasteiger partial charge in [-0.25, -0.2) is 4.79 Å². The molecule has 1 aromatic rings. The summed E-state index contributed by atoms with van der Waals surface area (Å²) >= 11 is 3.83. The number of carboxylic acids is 1. The Morgan fingerprint density at radius 1 is 1.07 bits per heavy atom. The number of amides is 3. The summed E-state index contributed by atoms with van der Waals surface area (Å²) in [6.07, 6.45) is 0.0978. The van der Waals surface area contributed by atoms with Crippen molar-refractivity contribution in [3.63, 3.8) is 0 Å². The van der Waals surface area contributed by atoms with E-state index in [0.29, 0.717) is 5.56 Å². The number of nitrogens with two attached hydrogens (primary N) is 1. The lowest BCUT2D eigenvalue weighted by Crippen LogP contribution is -2.54. The molecule has 154 valence electrons. The Morgan fingerprint density at radius 2 is 1.68 bits per heavy atom. The van der Waals surface area contributed by atoms with Gasteiger partial charge >= 0.3 is 5.97 Å². The standard InChI is InChI=1S/C17H24N4O6S/c1-9(18)15(24)21-12(6-10-2-4-11(22)5-3-10)16(25)19-7-14(23)20-13(8-28)17(26)27/h2-5,9,12-13,22,28H,6-8,18H2,1H3,(H,19,25)(H,20,23)(H,21,24)(H,26,27). The molecule has 0 bridgehead atoms. The maximum Gasteiger partial charge on any atom is 0.327 e. The first-order valence-corrected chi connectivity index (χ1v) is 9.01. The van der Waals surface area contributed by atoms with Gasteiger partial charge in [0, 0.05) is 12.2 Å². The first kappa shape index (κ1) is 23.2. The number of carboxylic acid groups (broad SMARTS) is 1. The molecule has 0 saturated heterocycles. The summed E-state index contributed by atoms with van der Waals surface area (Å²) in [6, 6.07) is 3.01. The SMILES string of the molecule is CC(N)C(=O)NC(Cc1ccc(O)cc1)C(=O)NCC(=O)NC(CS)C(=O)O. The first-order valence-electron chi connectivity index (χ1n) is 8.38. The Bertz CT molecular complexity index is 710. The van der Waals surface area contributed by atoms with Crippen molar-refractivity contribution >= 4 is 36.3 Å².